The summed E-state index contributed by atoms with van der Waals surface area (Å²) in [4.78, 5) is 12.3. The molecule has 0 aliphatic carbocycles. The van der Waals surface area contributed by atoms with Crippen molar-refractivity contribution < 1.29 is 9.90 Å². The number of carbonyl (C=O) groups is 1. The van der Waals surface area contributed by atoms with Gasteiger partial charge in [0.15, 0.2) is 0 Å². The van der Waals surface area contributed by atoms with Crippen LogP contribution in [0.2, 0.25) is 0 Å². The van der Waals surface area contributed by atoms with Gasteiger partial charge in [0.25, 0.3) is 5.91 Å². The Balaban J connectivity index is 2.47. The van der Waals surface area contributed by atoms with E-state index in [1.807, 2.05) is 11.6 Å². The molecule has 6 heteroatoms. The van der Waals surface area contributed by atoms with Gasteiger partial charge in [0.1, 0.15) is 0 Å². The van der Waals surface area contributed by atoms with E-state index in [0.717, 1.165) is 4.47 Å². The summed E-state index contributed by atoms with van der Waals surface area (Å²) in [5, 5.41) is 14.5. The average molecular weight is 324 g/mol. The van der Waals surface area contributed by atoms with Crippen LogP contribution in [0.25, 0.3) is 0 Å². The lowest BCUT2D eigenvalue weighted by Gasteiger charge is -2.22. The molecular formula is C10H14BrNO2S2. The van der Waals surface area contributed by atoms with Gasteiger partial charge in [0, 0.05) is 22.2 Å². The summed E-state index contributed by atoms with van der Waals surface area (Å²) in [5.41, 5.74) is -0.858. The fourth-order valence-corrected chi connectivity index (χ4v) is 3.22. The van der Waals surface area contributed by atoms with E-state index in [-0.39, 0.29) is 12.5 Å². The van der Waals surface area contributed by atoms with E-state index < -0.39 is 5.60 Å². The van der Waals surface area contributed by atoms with E-state index in [9.17, 15) is 9.90 Å². The third kappa shape index (κ3) is 4.45. The third-order valence-corrected chi connectivity index (χ3v) is 4.48. The molecule has 0 radical (unpaired) electrons. The number of hydrogen-bond donors (Lipinski definition) is 2. The van der Waals surface area contributed by atoms with Gasteiger partial charge in [-0.15, -0.1) is 11.3 Å². The molecule has 0 saturated carbocycles. The molecule has 90 valence electrons. The van der Waals surface area contributed by atoms with Crippen molar-refractivity contribution in [1.29, 1.82) is 0 Å². The highest BCUT2D eigenvalue weighted by Gasteiger charge is 2.21. The van der Waals surface area contributed by atoms with E-state index in [0.29, 0.717) is 10.6 Å². The lowest BCUT2D eigenvalue weighted by Crippen LogP contribution is -2.42. The Labute approximate surface area is 112 Å². The fourth-order valence-electron chi connectivity index (χ4n) is 1.15. The Morgan fingerprint density at radius 2 is 2.44 bits per heavy atom. The van der Waals surface area contributed by atoms with E-state index in [1.54, 1.807) is 24.8 Å². The first kappa shape index (κ1) is 14.0. The quantitative estimate of drug-likeness (QED) is 0.874. The number of hydrogen-bond acceptors (Lipinski definition) is 4. The number of rotatable bonds is 5. The number of halogens is 1. The minimum absolute atomic E-state index is 0.142. The second-order valence-electron chi connectivity index (χ2n) is 3.74. The number of nitrogens with one attached hydrogen (secondary N) is 1. The van der Waals surface area contributed by atoms with Gasteiger partial charge in [-0.25, -0.2) is 0 Å². The normalized spacial score (nSPS) is 14.5. The Morgan fingerprint density at radius 1 is 1.75 bits per heavy atom. The van der Waals surface area contributed by atoms with Crippen LogP contribution >= 0.6 is 39.0 Å². The van der Waals surface area contributed by atoms with Crippen LogP contribution in [0, 0.1) is 0 Å². The van der Waals surface area contributed by atoms with Gasteiger partial charge < -0.3 is 10.4 Å². The maximum Gasteiger partial charge on any atom is 0.261 e. The highest BCUT2D eigenvalue weighted by molar-refractivity contribution is 9.10. The van der Waals surface area contributed by atoms with Gasteiger partial charge in [-0.1, -0.05) is 0 Å². The van der Waals surface area contributed by atoms with E-state index in [2.05, 4.69) is 21.2 Å². The summed E-state index contributed by atoms with van der Waals surface area (Å²) in [7, 11) is 0. The zero-order valence-electron chi connectivity index (χ0n) is 9.12. The minimum Gasteiger partial charge on any atom is -0.387 e. The predicted molar refractivity (Wildman–Crippen MR) is 73.4 cm³/mol. The number of aliphatic hydroxyl groups is 1. The van der Waals surface area contributed by atoms with Gasteiger partial charge in [-0.2, -0.15) is 11.8 Å². The molecule has 0 spiro atoms. The maximum atomic E-state index is 11.7. The molecule has 1 aromatic rings. The molecule has 0 aliphatic rings. The Hall–Kier alpha value is -0.0400. The molecule has 0 aromatic carbocycles. The molecule has 0 aliphatic heterocycles. The van der Waals surface area contributed by atoms with E-state index in [1.165, 1.54) is 11.3 Å². The smallest absolute Gasteiger partial charge is 0.261 e. The largest absolute Gasteiger partial charge is 0.387 e. The summed E-state index contributed by atoms with van der Waals surface area (Å²) in [6.45, 7) is 1.98. The minimum atomic E-state index is -0.858. The van der Waals surface area contributed by atoms with Gasteiger partial charge in [0.2, 0.25) is 0 Å². The monoisotopic (exact) mass is 323 g/mol. The fraction of sp³-hybridized carbons (Fsp3) is 0.500. The molecule has 16 heavy (non-hydrogen) atoms. The molecular weight excluding hydrogens is 310 g/mol. The number of thioether (sulfide) groups is 1. The second-order valence-corrected chi connectivity index (χ2v) is 6.43. The van der Waals surface area contributed by atoms with Crippen LogP contribution in [-0.2, 0) is 0 Å². The molecule has 1 aromatic heterocycles. The zero-order valence-corrected chi connectivity index (χ0v) is 12.3. The molecule has 1 amide bonds. The molecule has 1 unspecified atom stereocenters. The first-order valence-corrected chi connectivity index (χ1v) is 7.75. The third-order valence-electron chi connectivity index (χ3n) is 1.88. The molecule has 3 nitrogen and oxygen atoms in total. The second kappa shape index (κ2) is 6.05. The van der Waals surface area contributed by atoms with Crippen molar-refractivity contribution in [2.45, 2.75) is 12.5 Å². The summed E-state index contributed by atoms with van der Waals surface area (Å²) in [6.07, 6.45) is 1.92. The van der Waals surface area contributed by atoms with Crippen LogP contribution in [0.15, 0.2) is 15.9 Å². The van der Waals surface area contributed by atoms with Gasteiger partial charge in [-0.3, -0.25) is 4.79 Å². The average Bonchev–Trinajstić information content (AvgIpc) is 2.61. The van der Waals surface area contributed by atoms with Crippen LogP contribution in [0.5, 0.6) is 0 Å². The van der Waals surface area contributed by atoms with Crippen LogP contribution < -0.4 is 5.32 Å². The molecule has 0 saturated heterocycles. The molecule has 2 N–H and O–H groups in total. The van der Waals surface area contributed by atoms with Gasteiger partial charge in [0.05, 0.1) is 10.5 Å². The Kier molecular flexibility index (Phi) is 5.30. The van der Waals surface area contributed by atoms with Crippen molar-refractivity contribution >= 4 is 44.9 Å². The maximum absolute atomic E-state index is 11.7. The summed E-state index contributed by atoms with van der Waals surface area (Å²) in [5.74, 6) is 0.457. The lowest BCUT2D eigenvalue weighted by molar-refractivity contribution is 0.0727. The zero-order chi connectivity index (χ0) is 12.2. The lowest BCUT2D eigenvalue weighted by atomic mass is 10.1. The van der Waals surface area contributed by atoms with Crippen molar-refractivity contribution in [2.24, 2.45) is 0 Å². The summed E-state index contributed by atoms with van der Waals surface area (Å²) >= 11 is 6.22. The first-order chi connectivity index (χ1) is 7.44. The number of carbonyl (C=O) groups excluding carboxylic acids is 1. The topological polar surface area (TPSA) is 49.3 Å². The molecule has 1 heterocycles. The molecule has 1 rings (SSSR count). The van der Waals surface area contributed by atoms with Crippen molar-refractivity contribution in [3.63, 3.8) is 0 Å². The summed E-state index contributed by atoms with van der Waals surface area (Å²) in [6, 6.07) is 1.77. The molecule has 0 fully saturated rings. The molecule has 0 bridgehead atoms. The van der Waals surface area contributed by atoms with Gasteiger partial charge >= 0.3 is 0 Å². The van der Waals surface area contributed by atoms with Crippen molar-refractivity contribution in [1.82, 2.24) is 5.32 Å². The molecule has 1 atom stereocenters. The first-order valence-electron chi connectivity index (χ1n) is 4.68. The van der Waals surface area contributed by atoms with Crippen LogP contribution in [0.3, 0.4) is 0 Å². The highest BCUT2D eigenvalue weighted by atomic mass is 79.9. The Bertz CT molecular complexity index is 365. The van der Waals surface area contributed by atoms with Crippen molar-refractivity contribution in [2.75, 3.05) is 18.6 Å². The summed E-state index contributed by atoms with van der Waals surface area (Å²) < 4.78 is 0.901. The standard InChI is InChI=1S/C10H14BrNO2S2/c1-10(14,6-15-2)5-12-9(13)8-3-7(11)4-16-8/h3-4,14H,5-6H2,1-2H3,(H,12,13). The number of thiophene rings is 1. The van der Waals surface area contributed by atoms with Crippen LogP contribution in [0.1, 0.15) is 16.6 Å². The van der Waals surface area contributed by atoms with Crippen molar-refractivity contribution in [3.05, 3.63) is 20.8 Å². The van der Waals surface area contributed by atoms with Crippen LogP contribution in [0.4, 0.5) is 0 Å². The number of amides is 1. The van der Waals surface area contributed by atoms with Crippen LogP contribution in [-0.4, -0.2) is 35.2 Å². The SMILES string of the molecule is CSCC(C)(O)CNC(=O)c1cc(Br)cs1. The van der Waals surface area contributed by atoms with E-state index in [4.69, 9.17) is 0 Å². The highest BCUT2D eigenvalue weighted by Crippen LogP contribution is 2.19. The van der Waals surface area contributed by atoms with Gasteiger partial charge in [-0.05, 0) is 35.2 Å². The van der Waals surface area contributed by atoms with Crippen molar-refractivity contribution in [3.8, 4) is 0 Å². The van der Waals surface area contributed by atoms with E-state index >= 15 is 0 Å². The predicted octanol–water partition coefficient (Wildman–Crippen LogP) is 2.35. The Morgan fingerprint density at radius 3 is 2.94 bits per heavy atom.